The molecule has 5 nitrogen and oxygen atoms in total. The lowest BCUT2D eigenvalue weighted by atomic mass is 10.1. The number of rotatable bonds is 6. The van der Waals surface area contributed by atoms with Crippen molar-refractivity contribution in [3.8, 4) is 11.5 Å². The molecule has 0 saturated carbocycles. The number of anilines is 1. The molecular formula is C24H25N3O2. The minimum atomic E-state index is 0.0493. The van der Waals surface area contributed by atoms with E-state index in [1.165, 1.54) is 5.56 Å². The van der Waals surface area contributed by atoms with Crippen molar-refractivity contribution in [2.45, 2.75) is 33.4 Å². The van der Waals surface area contributed by atoms with Crippen LogP contribution in [0.2, 0.25) is 0 Å². The molecule has 2 aromatic carbocycles. The van der Waals surface area contributed by atoms with Gasteiger partial charge in [-0.25, -0.2) is 4.98 Å². The first-order chi connectivity index (χ1) is 14.0. The van der Waals surface area contributed by atoms with Crippen molar-refractivity contribution >= 4 is 11.7 Å². The minimum absolute atomic E-state index is 0.0493. The summed E-state index contributed by atoms with van der Waals surface area (Å²) in [5.74, 6) is 2.48. The summed E-state index contributed by atoms with van der Waals surface area (Å²) in [6.07, 6.45) is 1.70. The van der Waals surface area contributed by atoms with Gasteiger partial charge in [0.05, 0.1) is 6.54 Å². The van der Waals surface area contributed by atoms with Crippen LogP contribution in [0.1, 0.15) is 46.9 Å². The average molecular weight is 387 g/mol. The average Bonchev–Trinajstić information content (AvgIpc) is 3.07. The van der Waals surface area contributed by atoms with E-state index in [0.29, 0.717) is 13.1 Å². The van der Waals surface area contributed by atoms with Crippen LogP contribution in [-0.4, -0.2) is 22.3 Å². The smallest absolute Gasteiger partial charge is 0.254 e. The van der Waals surface area contributed by atoms with Crippen LogP contribution in [0, 0.1) is 6.92 Å². The Morgan fingerprint density at radius 2 is 1.72 bits per heavy atom. The van der Waals surface area contributed by atoms with E-state index in [4.69, 9.17) is 4.74 Å². The molecule has 4 rings (SSSR count). The van der Waals surface area contributed by atoms with Crippen LogP contribution in [0.25, 0.3) is 0 Å². The first-order valence-corrected chi connectivity index (χ1v) is 9.93. The van der Waals surface area contributed by atoms with Gasteiger partial charge < -0.3 is 15.0 Å². The molecule has 2 heterocycles. The van der Waals surface area contributed by atoms with Crippen molar-refractivity contribution in [1.82, 2.24) is 9.88 Å². The maximum Gasteiger partial charge on any atom is 0.254 e. The lowest BCUT2D eigenvalue weighted by molar-refractivity contribution is 0.0787. The zero-order valence-electron chi connectivity index (χ0n) is 17.0. The second kappa shape index (κ2) is 7.95. The molecule has 1 aliphatic rings. The zero-order valence-corrected chi connectivity index (χ0v) is 17.0. The molecule has 0 saturated heterocycles. The first-order valence-electron chi connectivity index (χ1n) is 9.93. The second-order valence-electron chi connectivity index (χ2n) is 7.36. The normalized spacial score (nSPS) is 13.9. The number of amides is 1. The van der Waals surface area contributed by atoms with E-state index >= 15 is 0 Å². The third-order valence-electron chi connectivity index (χ3n) is 5.29. The molecule has 0 spiro atoms. The third-order valence-corrected chi connectivity index (χ3v) is 5.29. The molecule has 1 amide bonds. The van der Waals surface area contributed by atoms with Crippen molar-refractivity contribution < 1.29 is 9.53 Å². The van der Waals surface area contributed by atoms with Crippen molar-refractivity contribution in [3.63, 3.8) is 0 Å². The van der Waals surface area contributed by atoms with E-state index in [1.54, 1.807) is 12.3 Å². The zero-order chi connectivity index (χ0) is 20.4. The Labute approximate surface area is 171 Å². The fourth-order valence-electron chi connectivity index (χ4n) is 3.52. The Balaban J connectivity index is 1.47. The number of benzene rings is 2. The summed E-state index contributed by atoms with van der Waals surface area (Å²) in [6, 6.07) is 17.9. The number of hydrogen-bond acceptors (Lipinski definition) is 4. The molecule has 1 aromatic heterocycles. The Hall–Kier alpha value is -3.34. The van der Waals surface area contributed by atoms with E-state index in [0.717, 1.165) is 34.0 Å². The van der Waals surface area contributed by atoms with Gasteiger partial charge in [0.25, 0.3) is 5.91 Å². The van der Waals surface area contributed by atoms with Gasteiger partial charge in [-0.15, -0.1) is 0 Å². The van der Waals surface area contributed by atoms with Crippen molar-refractivity contribution in [2.24, 2.45) is 0 Å². The number of fused-ring (bicyclic) bond motifs is 1. The molecule has 0 aliphatic carbocycles. The maximum absolute atomic E-state index is 12.4. The number of pyridine rings is 1. The summed E-state index contributed by atoms with van der Waals surface area (Å²) in [6.45, 7) is 7.44. The number of ether oxygens (including phenoxy) is 1. The minimum Gasteiger partial charge on any atom is -0.457 e. The van der Waals surface area contributed by atoms with E-state index in [2.05, 4.69) is 24.1 Å². The largest absolute Gasteiger partial charge is 0.457 e. The quantitative estimate of drug-likeness (QED) is 0.621. The predicted octanol–water partition coefficient (Wildman–Crippen LogP) is 5.33. The molecule has 1 N–H and O–H groups in total. The Kier molecular flexibility index (Phi) is 5.21. The molecule has 3 aromatic rings. The number of aromatic nitrogens is 1. The fourth-order valence-corrected chi connectivity index (χ4v) is 3.52. The number of carbonyl (C=O) groups excluding carboxylic acids is 1. The summed E-state index contributed by atoms with van der Waals surface area (Å²) < 4.78 is 5.91. The summed E-state index contributed by atoms with van der Waals surface area (Å²) in [5, 5.41) is 3.47. The van der Waals surface area contributed by atoms with Gasteiger partial charge in [0.1, 0.15) is 17.3 Å². The van der Waals surface area contributed by atoms with E-state index in [1.807, 2.05) is 60.4 Å². The molecular weight excluding hydrogens is 362 g/mol. The maximum atomic E-state index is 12.4. The van der Waals surface area contributed by atoms with Crippen LogP contribution in [0.4, 0.5) is 5.82 Å². The molecule has 5 heteroatoms. The SMILES string of the molecule is CCN1Cc2c(ccnc2N[C@@H](C)c2ccc(Oc3ccc(C)cc3)cc2)C1=O. The molecule has 1 atom stereocenters. The Morgan fingerprint density at radius 3 is 2.38 bits per heavy atom. The molecule has 0 fully saturated rings. The van der Waals surface area contributed by atoms with Gasteiger partial charge in [0, 0.05) is 29.9 Å². The number of nitrogens with zero attached hydrogens (tertiary/aromatic N) is 2. The topological polar surface area (TPSA) is 54.5 Å². The highest BCUT2D eigenvalue weighted by atomic mass is 16.5. The standard InChI is InChI=1S/C24H25N3O2/c1-4-27-15-22-21(24(27)28)13-14-25-23(22)26-17(3)18-7-11-20(12-8-18)29-19-9-5-16(2)6-10-19/h5-14,17H,4,15H2,1-3H3,(H,25,26)/t17-/m0/s1. The summed E-state index contributed by atoms with van der Waals surface area (Å²) in [4.78, 5) is 18.7. The fraction of sp³-hybridized carbons (Fsp3) is 0.250. The van der Waals surface area contributed by atoms with Crippen LogP contribution >= 0.6 is 0 Å². The third kappa shape index (κ3) is 3.94. The monoisotopic (exact) mass is 387 g/mol. The van der Waals surface area contributed by atoms with E-state index in [9.17, 15) is 4.79 Å². The van der Waals surface area contributed by atoms with Gasteiger partial charge in [-0.05, 0) is 56.7 Å². The summed E-state index contributed by atoms with van der Waals surface area (Å²) >= 11 is 0. The predicted molar refractivity (Wildman–Crippen MR) is 114 cm³/mol. The number of nitrogens with one attached hydrogen (secondary N) is 1. The Bertz CT molecular complexity index is 1010. The summed E-state index contributed by atoms with van der Waals surface area (Å²) in [7, 11) is 0. The van der Waals surface area contributed by atoms with Crippen LogP contribution in [0.3, 0.4) is 0 Å². The van der Waals surface area contributed by atoms with Crippen LogP contribution in [-0.2, 0) is 6.54 Å². The van der Waals surface area contributed by atoms with Crippen LogP contribution < -0.4 is 10.1 Å². The molecule has 0 unspecified atom stereocenters. The number of aryl methyl sites for hydroxylation is 1. The van der Waals surface area contributed by atoms with Gasteiger partial charge >= 0.3 is 0 Å². The molecule has 148 valence electrons. The molecule has 0 radical (unpaired) electrons. The van der Waals surface area contributed by atoms with Crippen molar-refractivity contribution in [2.75, 3.05) is 11.9 Å². The van der Waals surface area contributed by atoms with E-state index < -0.39 is 0 Å². The highest BCUT2D eigenvalue weighted by Gasteiger charge is 2.29. The van der Waals surface area contributed by atoms with E-state index in [-0.39, 0.29) is 11.9 Å². The summed E-state index contributed by atoms with van der Waals surface area (Å²) in [5.41, 5.74) is 4.05. The van der Waals surface area contributed by atoms with Gasteiger partial charge in [-0.1, -0.05) is 29.8 Å². The van der Waals surface area contributed by atoms with Crippen LogP contribution in [0.15, 0.2) is 60.8 Å². The number of hydrogen-bond donors (Lipinski definition) is 1. The van der Waals surface area contributed by atoms with Crippen molar-refractivity contribution in [3.05, 3.63) is 83.0 Å². The molecule has 29 heavy (non-hydrogen) atoms. The Morgan fingerprint density at radius 1 is 1.07 bits per heavy atom. The van der Waals surface area contributed by atoms with Gasteiger partial charge in [-0.3, -0.25) is 4.79 Å². The van der Waals surface area contributed by atoms with Crippen LogP contribution in [0.5, 0.6) is 11.5 Å². The van der Waals surface area contributed by atoms with Crippen molar-refractivity contribution in [1.29, 1.82) is 0 Å². The second-order valence-corrected chi connectivity index (χ2v) is 7.36. The van der Waals surface area contributed by atoms with Gasteiger partial charge in [0.15, 0.2) is 0 Å². The number of carbonyl (C=O) groups is 1. The highest BCUT2D eigenvalue weighted by Crippen LogP contribution is 2.30. The molecule has 1 aliphatic heterocycles. The van der Waals surface area contributed by atoms with Gasteiger partial charge in [0.2, 0.25) is 0 Å². The lowest BCUT2D eigenvalue weighted by Gasteiger charge is -2.18. The molecule has 0 bridgehead atoms. The highest BCUT2D eigenvalue weighted by molar-refractivity contribution is 5.99. The first kappa shape index (κ1) is 19.0. The van der Waals surface area contributed by atoms with Gasteiger partial charge in [-0.2, -0.15) is 0 Å². The lowest BCUT2D eigenvalue weighted by Crippen LogP contribution is -2.22.